The molecule has 6 heteroatoms. The van der Waals surface area contributed by atoms with Gasteiger partial charge in [0, 0.05) is 18.8 Å². The van der Waals surface area contributed by atoms with Crippen LogP contribution in [0.3, 0.4) is 0 Å². The Morgan fingerprint density at radius 3 is 2.10 bits per heavy atom. The van der Waals surface area contributed by atoms with E-state index >= 15 is 0 Å². The van der Waals surface area contributed by atoms with Gasteiger partial charge in [0.1, 0.15) is 10.7 Å². The van der Waals surface area contributed by atoms with Crippen LogP contribution in [0.15, 0.2) is 23.1 Å². The van der Waals surface area contributed by atoms with Crippen LogP contribution in [-0.2, 0) is 10.0 Å². The van der Waals surface area contributed by atoms with Gasteiger partial charge in [0.05, 0.1) is 0 Å². The minimum Gasteiger partial charge on any atom is -0.399 e. The van der Waals surface area contributed by atoms with E-state index in [4.69, 9.17) is 5.73 Å². The first-order valence-electron chi connectivity index (χ1n) is 6.69. The van der Waals surface area contributed by atoms with Gasteiger partial charge in [-0.15, -0.1) is 0 Å². The number of halogens is 1. The van der Waals surface area contributed by atoms with Crippen molar-refractivity contribution in [3.63, 3.8) is 0 Å². The Balaban J connectivity index is 3.24. The zero-order chi connectivity index (χ0) is 15.5. The minimum absolute atomic E-state index is 0.160. The highest BCUT2D eigenvalue weighted by molar-refractivity contribution is 7.89. The van der Waals surface area contributed by atoms with Gasteiger partial charge >= 0.3 is 0 Å². The number of nitrogens with zero attached hydrogens (tertiary/aromatic N) is 1. The van der Waals surface area contributed by atoms with Crippen molar-refractivity contribution in [1.82, 2.24) is 4.31 Å². The van der Waals surface area contributed by atoms with Crippen molar-refractivity contribution in [1.29, 1.82) is 0 Å². The molecular formula is C14H23FN2O2S. The van der Waals surface area contributed by atoms with Gasteiger partial charge in [0.25, 0.3) is 0 Å². The molecule has 2 N–H and O–H groups in total. The SMILES string of the molecule is CC(C)CN(CC(C)C)S(=O)(=O)c1cc(N)ccc1F. The molecule has 0 spiro atoms. The number of hydrogen-bond acceptors (Lipinski definition) is 3. The summed E-state index contributed by atoms with van der Waals surface area (Å²) in [6, 6.07) is 3.62. The van der Waals surface area contributed by atoms with Crippen molar-refractivity contribution in [2.45, 2.75) is 32.6 Å². The predicted molar refractivity (Wildman–Crippen MR) is 79.2 cm³/mol. The van der Waals surface area contributed by atoms with Gasteiger partial charge in [-0.25, -0.2) is 12.8 Å². The molecule has 0 heterocycles. The van der Waals surface area contributed by atoms with Crippen LogP contribution in [-0.4, -0.2) is 25.8 Å². The number of anilines is 1. The predicted octanol–water partition coefficient (Wildman–Crippen LogP) is 2.71. The third-order valence-corrected chi connectivity index (χ3v) is 4.56. The lowest BCUT2D eigenvalue weighted by molar-refractivity contribution is 0.332. The number of sulfonamides is 1. The molecule has 0 atom stereocenters. The second kappa shape index (κ2) is 6.54. The maximum absolute atomic E-state index is 13.8. The Bertz CT molecular complexity index is 546. The number of hydrogen-bond donors (Lipinski definition) is 1. The summed E-state index contributed by atoms with van der Waals surface area (Å²) < 4.78 is 40.4. The molecule has 0 aliphatic heterocycles. The van der Waals surface area contributed by atoms with Crippen LogP contribution in [0.5, 0.6) is 0 Å². The zero-order valence-corrected chi connectivity index (χ0v) is 13.2. The van der Waals surface area contributed by atoms with Gasteiger partial charge in [-0.3, -0.25) is 0 Å². The molecule has 1 aromatic rings. The average Bonchev–Trinajstić information content (AvgIpc) is 2.30. The van der Waals surface area contributed by atoms with Gasteiger partial charge in [-0.1, -0.05) is 27.7 Å². The molecule has 0 unspecified atom stereocenters. The number of nitrogen functional groups attached to an aromatic ring is 1. The van der Waals surface area contributed by atoms with Gasteiger partial charge in [0.2, 0.25) is 10.0 Å². The average molecular weight is 302 g/mol. The fraction of sp³-hybridized carbons (Fsp3) is 0.571. The van der Waals surface area contributed by atoms with E-state index in [0.29, 0.717) is 13.1 Å². The number of benzene rings is 1. The van der Waals surface area contributed by atoms with E-state index < -0.39 is 15.8 Å². The third kappa shape index (κ3) is 4.18. The largest absolute Gasteiger partial charge is 0.399 e. The first-order chi connectivity index (χ1) is 9.14. The highest BCUT2D eigenvalue weighted by Crippen LogP contribution is 2.23. The van der Waals surface area contributed by atoms with Crippen LogP contribution < -0.4 is 5.73 Å². The smallest absolute Gasteiger partial charge is 0.246 e. The first-order valence-corrected chi connectivity index (χ1v) is 8.13. The van der Waals surface area contributed by atoms with Crippen LogP contribution in [0.1, 0.15) is 27.7 Å². The van der Waals surface area contributed by atoms with E-state index in [2.05, 4.69) is 0 Å². The van der Waals surface area contributed by atoms with Gasteiger partial charge < -0.3 is 5.73 Å². The molecule has 0 radical (unpaired) electrons. The van der Waals surface area contributed by atoms with Crippen LogP contribution in [0.4, 0.5) is 10.1 Å². The van der Waals surface area contributed by atoms with E-state index in [0.717, 1.165) is 6.07 Å². The van der Waals surface area contributed by atoms with Gasteiger partial charge in [0.15, 0.2) is 0 Å². The van der Waals surface area contributed by atoms with E-state index in [1.807, 2.05) is 27.7 Å². The zero-order valence-electron chi connectivity index (χ0n) is 12.4. The van der Waals surface area contributed by atoms with E-state index in [1.165, 1.54) is 16.4 Å². The molecule has 114 valence electrons. The summed E-state index contributed by atoms with van der Waals surface area (Å²) in [5.74, 6) is -0.447. The number of nitrogens with two attached hydrogens (primary N) is 1. The van der Waals surface area contributed by atoms with Crippen molar-refractivity contribution in [3.8, 4) is 0 Å². The van der Waals surface area contributed by atoms with Crippen molar-refractivity contribution in [3.05, 3.63) is 24.0 Å². The van der Waals surface area contributed by atoms with E-state index in [9.17, 15) is 12.8 Å². The summed E-state index contributed by atoms with van der Waals surface area (Å²) in [5, 5.41) is 0. The van der Waals surface area contributed by atoms with Crippen molar-refractivity contribution in [2.75, 3.05) is 18.8 Å². The van der Waals surface area contributed by atoms with E-state index in [-0.39, 0.29) is 22.4 Å². The molecule has 4 nitrogen and oxygen atoms in total. The normalized spacial score (nSPS) is 12.6. The van der Waals surface area contributed by atoms with Crippen LogP contribution in [0.25, 0.3) is 0 Å². The van der Waals surface area contributed by atoms with Crippen molar-refractivity contribution >= 4 is 15.7 Å². The molecule has 0 fully saturated rings. The summed E-state index contributed by atoms with van der Waals surface area (Å²) in [6.45, 7) is 8.43. The van der Waals surface area contributed by atoms with Crippen LogP contribution in [0.2, 0.25) is 0 Å². The van der Waals surface area contributed by atoms with Crippen molar-refractivity contribution < 1.29 is 12.8 Å². The Morgan fingerprint density at radius 2 is 1.65 bits per heavy atom. The Kier molecular flexibility index (Phi) is 5.53. The molecule has 20 heavy (non-hydrogen) atoms. The first kappa shape index (κ1) is 16.9. The molecular weight excluding hydrogens is 279 g/mol. The van der Waals surface area contributed by atoms with Gasteiger partial charge in [-0.2, -0.15) is 4.31 Å². The fourth-order valence-electron chi connectivity index (χ4n) is 1.94. The lowest BCUT2D eigenvalue weighted by atomic mass is 10.2. The lowest BCUT2D eigenvalue weighted by Gasteiger charge is -2.25. The number of rotatable bonds is 6. The second-order valence-electron chi connectivity index (χ2n) is 5.80. The maximum atomic E-state index is 13.8. The van der Waals surface area contributed by atoms with Crippen LogP contribution in [0, 0.1) is 17.7 Å². The summed E-state index contributed by atoms with van der Waals surface area (Å²) >= 11 is 0. The molecule has 0 saturated carbocycles. The fourth-order valence-corrected chi connectivity index (χ4v) is 3.81. The summed E-state index contributed by atoms with van der Waals surface area (Å²) in [7, 11) is -3.87. The standard InChI is InChI=1S/C14H23FN2O2S/c1-10(2)8-17(9-11(3)4)20(18,19)14-7-12(16)5-6-13(14)15/h5-7,10-11H,8-9,16H2,1-4H3. The molecule has 1 aromatic carbocycles. The van der Waals surface area contributed by atoms with Crippen molar-refractivity contribution in [2.24, 2.45) is 11.8 Å². The molecule has 0 aliphatic rings. The Morgan fingerprint density at radius 1 is 1.15 bits per heavy atom. The molecule has 0 bridgehead atoms. The highest BCUT2D eigenvalue weighted by atomic mass is 32.2. The second-order valence-corrected chi connectivity index (χ2v) is 7.71. The van der Waals surface area contributed by atoms with Crippen LogP contribution >= 0.6 is 0 Å². The molecule has 0 saturated heterocycles. The molecule has 0 amide bonds. The lowest BCUT2D eigenvalue weighted by Crippen LogP contribution is -2.37. The summed E-state index contributed by atoms with van der Waals surface area (Å²) in [6.07, 6.45) is 0. The Labute approximate surface area is 120 Å². The van der Waals surface area contributed by atoms with Gasteiger partial charge in [-0.05, 0) is 30.0 Å². The molecule has 1 rings (SSSR count). The summed E-state index contributed by atoms with van der Waals surface area (Å²) in [5.41, 5.74) is 5.81. The summed E-state index contributed by atoms with van der Waals surface area (Å²) in [4.78, 5) is -0.348. The third-order valence-electron chi connectivity index (χ3n) is 2.71. The quantitative estimate of drug-likeness (QED) is 0.822. The highest BCUT2D eigenvalue weighted by Gasteiger charge is 2.28. The molecule has 0 aliphatic carbocycles. The maximum Gasteiger partial charge on any atom is 0.246 e. The topological polar surface area (TPSA) is 63.4 Å². The van der Waals surface area contributed by atoms with E-state index in [1.54, 1.807) is 0 Å². The monoisotopic (exact) mass is 302 g/mol. The Hall–Kier alpha value is -1.14. The minimum atomic E-state index is -3.87. The molecule has 0 aromatic heterocycles.